The number of hydrogen-bond donors (Lipinski definition) is 0. The van der Waals surface area contributed by atoms with Crippen LogP contribution in [0.25, 0.3) is 0 Å². The number of anilines is 1. The molecule has 1 fully saturated rings. The van der Waals surface area contributed by atoms with Gasteiger partial charge in [0.15, 0.2) is 0 Å². The first kappa shape index (κ1) is 19.1. The van der Waals surface area contributed by atoms with Gasteiger partial charge < -0.3 is 4.90 Å². The molecule has 2 aliphatic rings. The van der Waals surface area contributed by atoms with Gasteiger partial charge in [-0.05, 0) is 73.6 Å². The van der Waals surface area contributed by atoms with E-state index in [9.17, 15) is 13.2 Å². The van der Waals surface area contributed by atoms with Crippen molar-refractivity contribution in [1.82, 2.24) is 9.29 Å². The topological polar surface area (TPSA) is 70.6 Å². The van der Waals surface area contributed by atoms with Crippen molar-refractivity contribution >= 4 is 21.6 Å². The van der Waals surface area contributed by atoms with Gasteiger partial charge in [0, 0.05) is 44.1 Å². The fourth-order valence-corrected chi connectivity index (χ4v) is 5.98. The summed E-state index contributed by atoms with van der Waals surface area (Å²) in [5.74, 6) is 0.361. The van der Waals surface area contributed by atoms with E-state index in [4.69, 9.17) is 0 Å². The van der Waals surface area contributed by atoms with Crippen LogP contribution < -0.4 is 4.90 Å². The number of pyridine rings is 1. The highest BCUT2D eigenvalue weighted by atomic mass is 32.2. The molecule has 1 atom stereocenters. The molecule has 28 heavy (non-hydrogen) atoms. The average molecular weight is 400 g/mol. The van der Waals surface area contributed by atoms with Gasteiger partial charge >= 0.3 is 0 Å². The third kappa shape index (κ3) is 3.33. The van der Waals surface area contributed by atoms with E-state index in [1.165, 1.54) is 5.56 Å². The highest BCUT2D eigenvalue weighted by molar-refractivity contribution is 7.89. The molecular weight excluding hydrogens is 374 g/mol. The molecule has 0 radical (unpaired) electrons. The predicted octanol–water partition coefficient (Wildman–Crippen LogP) is 2.95. The van der Waals surface area contributed by atoms with Gasteiger partial charge in [-0.3, -0.25) is 9.78 Å². The molecule has 0 spiro atoms. The summed E-state index contributed by atoms with van der Waals surface area (Å²) >= 11 is 0. The van der Waals surface area contributed by atoms with E-state index in [1.807, 2.05) is 19.1 Å². The minimum atomic E-state index is -3.53. The number of carbonyl (C=O) groups is 1. The number of hydrogen-bond acceptors (Lipinski definition) is 4. The largest absolute Gasteiger partial charge is 0.309 e. The van der Waals surface area contributed by atoms with Crippen molar-refractivity contribution in [1.29, 1.82) is 0 Å². The summed E-state index contributed by atoms with van der Waals surface area (Å²) in [6.45, 7) is 4.56. The van der Waals surface area contributed by atoms with Crippen LogP contribution in [0.15, 0.2) is 47.6 Å². The second kappa shape index (κ2) is 7.29. The first-order valence-corrected chi connectivity index (χ1v) is 11.1. The Morgan fingerprint density at radius 2 is 1.79 bits per heavy atom. The summed E-state index contributed by atoms with van der Waals surface area (Å²) in [6, 6.07) is 9.24. The zero-order valence-corrected chi connectivity index (χ0v) is 17.0. The number of aromatic nitrogens is 1. The van der Waals surface area contributed by atoms with Crippen LogP contribution >= 0.6 is 0 Å². The maximum atomic E-state index is 13.2. The van der Waals surface area contributed by atoms with Crippen molar-refractivity contribution in [2.24, 2.45) is 0 Å². The van der Waals surface area contributed by atoms with Gasteiger partial charge in [0.1, 0.15) is 0 Å². The summed E-state index contributed by atoms with van der Waals surface area (Å²) in [5.41, 5.74) is 2.98. The second-order valence-corrected chi connectivity index (χ2v) is 9.63. The second-order valence-electron chi connectivity index (χ2n) is 7.69. The molecule has 2 aliphatic heterocycles. The maximum absolute atomic E-state index is 13.2. The molecule has 2 aromatic rings. The summed E-state index contributed by atoms with van der Waals surface area (Å²) in [5, 5.41) is 0. The highest BCUT2D eigenvalue weighted by Gasteiger charge is 2.33. The van der Waals surface area contributed by atoms with Gasteiger partial charge in [-0.15, -0.1) is 0 Å². The Hall–Kier alpha value is -2.25. The third-order valence-electron chi connectivity index (χ3n) is 5.88. The summed E-state index contributed by atoms with van der Waals surface area (Å²) in [6.07, 6.45) is 5.87. The van der Waals surface area contributed by atoms with Crippen molar-refractivity contribution in [2.45, 2.75) is 50.0 Å². The minimum absolute atomic E-state index is 0.0139. The van der Waals surface area contributed by atoms with Crippen LogP contribution in [-0.4, -0.2) is 42.7 Å². The number of rotatable bonds is 3. The Morgan fingerprint density at radius 1 is 1.11 bits per heavy atom. The van der Waals surface area contributed by atoms with Gasteiger partial charge in [0.05, 0.1) is 4.90 Å². The lowest BCUT2D eigenvalue weighted by atomic mass is 9.91. The molecule has 1 unspecified atom stereocenters. The molecule has 1 saturated heterocycles. The minimum Gasteiger partial charge on any atom is -0.309 e. The van der Waals surface area contributed by atoms with Gasteiger partial charge in [-0.2, -0.15) is 4.31 Å². The van der Waals surface area contributed by atoms with E-state index in [0.29, 0.717) is 30.3 Å². The first-order chi connectivity index (χ1) is 13.4. The fourth-order valence-electron chi connectivity index (χ4n) is 4.46. The maximum Gasteiger partial charge on any atom is 0.243 e. The van der Waals surface area contributed by atoms with E-state index >= 15 is 0 Å². The molecule has 1 aromatic carbocycles. The molecule has 0 bridgehead atoms. The molecule has 1 amide bonds. The highest BCUT2D eigenvalue weighted by Crippen LogP contribution is 2.36. The van der Waals surface area contributed by atoms with Crippen LogP contribution in [0, 0.1) is 0 Å². The Balaban J connectivity index is 1.52. The quantitative estimate of drug-likeness (QED) is 0.796. The lowest BCUT2D eigenvalue weighted by molar-refractivity contribution is -0.116. The van der Waals surface area contributed by atoms with Crippen molar-refractivity contribution in [3.8, 4) is 0 Å². The Bertz CT molecular complexity index is 983. The Kier molecular flexibility index (Phi) is 4.97. The van der Waals surface area contributed by atoms with E-state index in [2.05, 4.69) is 4.98 Å². The van der Waals surface area contributed by atoms with Crippen LogP contribution in [0.3, 0.4) is 0 Å². The smallest absolute Gasteiger partial charge is 0.243 e. The molecule has 6 nitrogen and oxygen atoms in total. The van der Waals surface area contributed by atoms with Gasteiger partial charge in [-0.1, -0.05) is 0 Å². The van der Waals surface area contributed by atoms with Crippen LogP contribution in [0.5, 0.6) is 0 Å². The zero-order valence-electron chi connectivity index (χ0n) is 16.2. The molecule has 148 valence electrons. The fraction of sp³-hybridized carbons (Fsp3) is 0.429. The van der Waals surface area contributed by atoms with Crippen LogP contribution in [-0.2, 0) is 21.2 Å². The molecule has 0 aliphatic carbocycles. The van der Waals surface area contributed by atoms with E-state index in [0.717, 1.165) is 24.1 Å². The Labute approximate surface area is 166 Å². The van der Waals surface area contributed by atoms with E-state index in [1.54, 1.807) is 46.7 Å². The number of fused-ring (bicyclic) bond motifs is 1. The SMILES string of the molecule is CC(=O)N1c2ccc(S(=O)(=O)N3CCC(c4ccncc4)CC3)cc2CC1C. The standard InChI is InChI=1S/C21H25N3O3S/c1-15-13-19-14-20(3-4-21(19)24(15)16(2)25)28(26,27)23-11-7-18(8-12-23)17-5-9-22-10-6-17/h3-6,9-10,14-15,18H,7-8,11-13H2,1-2H3. The summed E-state index contributed by atoms with van der Waals surface area (Å²) in [7, 11) is -3.53. The van der Waals surface area contributed by atoms with E-state index in [-0.39, 0.29) is 11.9 Å². The van der Waals surface area contributed by atoms with Crippen molar-refractivity contribution in [2.75, 3.05) is 18.0 Å². The molecule has 7 heteroatoms. The molecule has 0 saturated carbocycles. The lowest BCUT2D eigenvalue weighted by Crippen LogP contribution is -2.37. The van der Waals surface area contributed by atoms with Crippen LogP contribution in [0.1, 0.15) is 43.7 Å². The number of carbonyl (C=O) groups excluding carboxylic acids is 1. The number of nitrogens with zero attached hydrogens (tertiary/aromatic N) is 3. The molecular formula is C21H25N3O3S. The van der Waals surface area contributed by atoms with Crippen LogP contribution in [0.4, 0.5) is 5.69 Å². The third-order valence-corrected chi connectivity index (χ3v) is 7.77. The van der Waals surface area contributed by atoms with Crippen molar-refractivity contribution in [3.63, 3.8) is 0 Å². The number of benzene rings is 1. The summed E-state index contributed by atoms with van der Waals surface area (Å²) < 4.78 is 27.9. The molecule has 1 aromatic heterocycles. The predicted molar refractivity (Wildman–Crippen MR) is 108 cm³/mol. The number of sulfonamides is 1. The zero-order chi connectivity index (χ0) is 19.9. The summed E-state index contributed by atoms with van der Waals surface area (Å²) in [4.78, 5) is 18.0. The van der Waals surface area contributed by atoms with Gasteiger partial charge in [-0.25, -0.2) is 8.42 Å². The monoisotopic (exact) mass is 399 g/mol. The van der Waals surface area contributed by atoms with Crippen molar-refractivity contribution in [3.05, 3.63) is 53.9 Å². The normalized spacial score (nSPS) is 20.9. The first-order valence-electron chi connectivity index (χ1n) is 9.70. The lowest BCUT2D eigenvalue weighted by Gasteiger charge is -2.31. The van der Waals surface area contributed by atoms with Crippen molar-refractivity contribution < 1.29 is 13.2 Å². The Morgan fingerprint density at radius 3 is 2.43 bits per heavy atom. The number of amides is 1. The van der Waals surface area contributed by atoms with Gasteiger partial charge in [0.2, 0.25) is 15.9 Å². The molecule has 0 N–H and O–H groups in total. The van der Waals surface area contributed by atoms with E-state index < -0.39 is 10.0 Å². The molecule has 4 rings (SSSR count). The number of piperidine rings is 1. The molecule has 3 heterocycles. The van der Waals surface area contributed by atoms with Crippen LogP contribution in [0.2, 0.25) is 0 Å². The average Bonchev–Trinajstić information content (AvgIpc) is 3.04. The van der Waals surface area contributed by atoms with Gasteiger partial charge in [0.25, 0.3) is 0 Å².